The van der Waals surface area contributed by atoms with Gasteiger partial charge in [-0.2, -0.15) is 0 Å². The number of aromatic nitrogens is 4. The lowest BCUT2D eigenvalue weighted by Gasteiger charge is -2.26. The maximum absolute atomic E-state index is 5.14. The maximum atomic E-state index is 5.14. The summed E-state index contributed by atoms with van der Waals surface area (Å²) in [5.41, 5.74) is 13.0. The average Bonchev–Trinajstić information content (AvgIpc) is 3.56. The van der Waals surface area contributed by atoms with Gasteiger partial charge in [0.05, 0.1) is 39.0 Å². The van der Waals surface area contributed by atoms with Crippen LogP contribution in [0.3, 0.4) is 0 Å². The highest BCUT2D eigenvalue weighted by Gasteiger charge is 2.18. The fourth-order valence-corrected chi connectivity index (χ4v) is 7.36. The minimum Gasteiger partial charge on any atom is -0.310 e. The first-order chi connectivity index (χ1) is 25.8. The molecule has 0 saturated carbocycles. The van der Waals surface area contributed by atoms with Crippen LogP contribution in [-0.4, -0.2) is 19.5 Å². The van der Waals surface area contributed by atoms with Crippen LogP contribution in [0.15, 0.2) is 188 Å². The number of benzene rings is 7. The molecule has 52 heavy (non-hydrogen) atoms. The van der Waals surface area contributed by atoms with E-state index in [4.69, 9.17) is 9.97 Å². The molecule has 0 saturated heterocycles. The number of hydrogen-bond acceptors (Lipinski definition) is 4. The standard InChI is InChI=1S/C47H31N5/c1-2-11-33(12-3-1)46-47(50-42-17-7-6-16-41(42)49-46)34-21-23-35(24-22-34)51(38-25-20-32-13-10-30-48-43(32)31-38)36-26-28-37(29-27-36)52-44-18-8-4-14-39(44)40-15-5-9-19-45(40)52/h1-31H. The van der Waals surface area contributed by atoms with E-state index in [9.17, 15) is 0 Å². The Morgan fingerprint density at radius 1 is 0.404 bits per heavy atom. The molecule has 5 nitrogen and oxygen atoms in total. The molecule has 0 aliphatic heterocycles. The molecular formula is C47H31N5. The molecule has 0 fully saturated rings. The van der Waals surface area contributed by atoms with Crippen molar-refractivity contribution >= 4 is 60.8 Å². The van der Waals surface area contributed by atoms with Gasteiger partial charge in [-0.05, 0) is 78.9 Å². The number of hydrogen-bond donors (Lipinski definition) is 0. The molecule has 0 bridgehead atoms. The second-order valence-electron chi connectivity index (χ2n) is 12.9. The molecule has 0 spiro atoms. The minimum atomic E-state index is 0.855. The topological polar surface area (TPSA) is 46.8 Å². The van der Waals surface area contributed by atoms with Crippen LogP contribution in [-0.2, 0) is 0 Å². The van der Waals surface area contributed by atoms with Crippen LogP contribution in [0.4, 0.5) is 17.1 Å². The number of para-hydroxylation sites is 4. The third kappa shape index (κ3) is 5.07. The maximum Gasteiger partial charge on any atom is 0.0973 e. The van der Waals surface area contributed by atoms with E-state index in [2.05, 4.69) is 148 Å². The Bertz CT molecular complexity index is 2840. The van der Waals surface area contributed by atoms with Crippen molar-refractivity contribution in [1.82, 2.24) is 19.5 Å². The lowest BCUT2D eigenvalue weighted by atomic mass is 10.0. The van der Waals surface area contributed by atoms with E-state index in [-0.39, 0.29) is 0 Å². The Labute approximate surface area is 300 Å². The summed E-state index contributed by atoms with van der Waals surface area (Å²) in [6.45, 7) is 0. The molecule has 0 amide bonds. The second kappa shape index (κ2) is 12.3. The van der Waals surface area contributed by atoms with E-state index >= 15 is 0 Å². The van der Waals surface area contributed by atoms with Gasteiger partial charge in [-0.3, -0.25) is 4.98 Å². The quantitative estimate of drug-likeness (QED) is 0.177. The van der Waals surface area contributed by atoms with Crippen LogP contribution in [0.1, 0.15) is 0 Å². The number of anilines is 3. The van der Waals surface area contributed by atoms with Crippen LogP contribution in [0.2, 0.25) is 0 Å². The fraction of sp³-hybridized carbons (Fsp3) is 0. The van der Waals surface area contributed by atoms with Gasteiger partial charge in [0.15, 0.2) is 0 Å². The molecule has 0 aliphatic carbocycles. The number of nitrogens with zero attached hydrogens (tertiary/aromatic N) is 5. The van der Waals surface area contributed by atoms with Crippen molar-refractivity contribution in [3.63, 3.8) is 0 Å². The molecule has 5 heteroatoms. The zero-order valence-corrected chi connectivity index (χ0v) is 28.1. The molecule has 0 radical (unpaired) electrons. The third-order valence-corrected chi connectivity index (χ3v) is 9.81. The van der Waals surface area contributed by atoms with Crippen LogP contribution in [0.5, 0.6) is 0 Å². The van der Waals surface area contributed by atoms with Gasteiger partial charge in [0.1, 0.15) is 0 Å². The molecule has 3 heterocycles. The smallest absolute Gasteiger partial charge is 0.0973 e. The molecule has 0 aliphatic rings. The SMILES string of the molecule is c1ccc(-c2nc3ccccc3nc2-c2ccc(N(c3ccc(-n4c5ccccc5c5ccccc54)cc3)c3ccc4cccnc4c3)cc2)cc1. The van der Waals surface area contributed by atoms with Crippen LogP contribution >= 0.6 is 0 Å². The van der Waals surface area contributed by atoms with Crippen molar-refractivity contribution in [3.05, 3.63) is 188 Å². The Hall–Kier alpha value is -7.11. The summed E-state index contributed by atoms with van der Waals surface area (Å²) in [6, 6.07) is 63.6. The minimum absolute atomic E-state index is 0.855. The van der Waals surface area contributed by atoms with Crippen molar-refractivity contribution in [2.24, 2.45) is 0 Å². The lowest BCUT2D eigenvalue weighted by Crippen LogP contribution is -2.10. The van der Waals surface area contributed by atoms with Crippen molar-refractivity contribution in [1.29, 1.82) is 0 Å². The van der Waals surface area contributed by atoms with E-state index in [0.29, 0.717) is 0 Å². The zero-order chi connectivity index (χ0) is 34.4. The van der Waals surface area contributed by atoms with Crippen molar-refractivity contribution in [2.45, 2.75) is 0 Å². The number of pyridine rings is 1. The normalized spacial score (nSPS) is 11.5. The van der Waals surface area contributed by atoms with Crippen molar-refractivity contribution < 1.29 is 0 Å². The first kappa shape index (κ1) is 29.8. The van der Waals surface area contributed by atoms with Gasteiger partial charge in [0, 0.05) is 56.2 Å². The molecule has 10 rings (SSSR count). The molecule has 3 aromatic heterocycles. The molecule has 10 aromatic rings. The lowest BCUT2D eigenvalue weighted by molar-refractivity contribution is 1.17. The molecule has 0 atom stereocenters. The first-order valence-electron chi connectivity index (χ1n) is 17.4. The summed E-state index contributed by atoms with van der Waals surface area (Å²) in [6.07, 6.45) is 1.85. The Kier molecular flexibility index (Phi) is 7.07. The monoisotopic (exact) mass is 665 g/mol. The average molecular weight is 666 g/mol. The zero-order valence-electron chi connectivity index (χ0n) is 28.1. The molecule has 0 N–H and O–H groups in total. The summed E-state index contributed by atoms with van der Waals surface area (Å²) in [7, 11) is 0. The highest BCUT2D eigenvalue weighted by Crippen LogP contribution is 2.39. The number of rotatable bonds is 6. The highest BCUT2D eigenvalue weighted by atomic mass is 15.1. The highest BCUT2D eigenvalue weighted by molar-refractivity contribution is 6.09. The molecule has 0 unspecified atom stereocenters. The molecular weight excluding hydrogens is 635 g/mol. The van der Waals surface area contributed by atoms with Crippen molar-refractivity contribution in [2.75, 3.05) is 4.90 Å². The van der Waals surface area contributed by atoms with E-state index < -0.39 is 0 Å². The van der Waals surface area contributed by atoms with Crippen LogP contribution in [0.25, 0.3) is 71.9 Å². The van der Waals surface area contributed by atoms with Gasteiger partial charge in [-0.15, -0.1) is 0 Å². The summed E-state index contributed by atoms with van der Waals surface area (Å²) in [4.78, 5) is 17.2. The molecule has 244 valence electrons. The van der Waals surface area contributed by atoms with Crippen molar-refractivity contribution in [3.8, 4) is 28.2 Å². The Balaban J connectivity index is 1.10. The largest absolute Gasteiger partial charge is 0.310 e. The fourth-order valence-electron chi connectivity index (χ4n) is 7.36. The van der Waals surface area contributed by atoms with Gasteiger partial charge in [0.2, 0.25) is 0 Å². The predicted molar refractivity (Wildman–Crippen MR) is 215 cm³/mol. The van der Waals surface area contributed by atoms with Gasteiger partial charge in [-0.25, -0.2) is 9.97 Å². The summed E-state index contributed by atoms with van der Waals surface area (Å²) in [5.74, 6) is 0. The summed E-state index contributed by atoms with van der Waals surface area (Å²) < 4.78 is 2.35. The third-order valence-electron chi connectivity index (χ3n) is 9.81. The van der Waals surface area contributed by atoms with E-state index in [1.165, 1.54) is 21.8 Å². The van der Waals surface area contributed by atoms with Gasteiger partial charge < -0.3 is 9.47 Å². The summed E-state index contributed by atoms with van der Waals surface area (Å²) in [5, 5.41) is 3.60. The van der Waals surface area contributed by atoms with E-state index in [1.807, 2.05) is 54.7 Å². The van der Waals surface area contributed by atoms with Gasteiger partial charge >= 0.3 is 0 Å². The Morgan fingerprint density at radius 2 is 0.942 bits per heavy atom. The number of fused-ring (bicyclic) bond motifs is 5. The first-order valence-corrected chi connectivity index (χ1v) is 17.4. The predicted octanol–water partition coefficient (Wildman–Crippen LogP) is 12.1. The summed E-state index contributed by atoms with van der Waals surface area (Å²) >= 11 is 0. The van der Waals surface area contributed by atoms with Gasteiger partial charge in [0.25, 0.3) is 0 Å². The van der Waals surface area contributed by atoms with Crippen LogP contribution in [0, 0.1) is 0 Å². The van der Waals surface area contributed by atoms with E-state index in [1.54, 1.807) is 0 Å². The van der Waals surface area contributed by atoms with Crippen LogP contribution < -0.4 is 4.90 Å². The van der Waals surface area contributed by atoms with E-state index in [0.717, 1.165) is 67.2 Å². The Morgan fingerprint density at radius 3 is 1.60 bits per heavy atom. The van der Waals surface area contributed by atoms with Gasteiger partial charge in [-0.1, -0.05) is 103 Å². The molecule has 7 aromatic carbocycles. The second-order valence-corrected chi connectivity index (χ2v) is 12.9.